The van der Waals surface area contributed by atoms with Crippen LogP contribution in [-0.4, -0.2) is 23.2 Å². The van der Waals surface area contributed by atoms with Gasteiger partial charge in [-0.3, -0.25) is 4.79 Å². The highest BCUT2D eigenvalue weighted by Crippen LogP contribution is 2.21. The lowest BCUT2D eigenvalue weighted by molar-refractivity contribution is -0.119. The number of nitrogens with zero attached hydrogens (tertiary/aromatic N) is 2. The third kappa shape index (κ3) is 1.67. The summed E-state index contributed by atoms with van der Waals surface area (Å²) in [5, 5.41) is 14.0. The highest BCUT2D eigenvalue weighted by Gasteiger charge is 2.25. The van der Waals surface area contributed by atoms with E-state index in [0.29, 0.717) is 5.69 Å². The summed E-state index contributed by atoms with van der Waals surface area (Å²) >= 11 is 0. The van der Waals surface area contributed by atoms with Gasteiger partial charge in [-0.05, 0) is 31.2 Å². The summed E-state index contributed by atoms with van der Waals surface area (Å²) in [6.45, 7) is 1.76. The van der Waals surface area contributed by atoms with E-state index in [9.17, 15) is 9.59 Å². The molecule has 1 aromatic rings. The summed E-state index contributed by atoms with van der Waals surface area (Å²) < 4.78 is 0. The van der Waals surface area contributed by atoms with Crippen molar-refractivity contribution in [3.8, 4) is 0 Å². The lowest BCUT2D eigenvalue weighted by Crippen LogP contribution is -2.24. The van der Waals surface area contributed by atoms with Crippen LogP contribution in [0, 0.1) is 5.92 Å². The van der Waals surface area contributed by atoms with E-state index in [0.717, 1.165) is 0 Å². The van der Waals surface area contributed by atoms with Crippen LogP contribution in [0.1, 0.15) is 17.3 Å². The van der Waals surface area contributed by atoms with Gasteiger partial charge >= 0.3 is 5.97 Å². The largest absolute Gasteiger partial charge is 0.478 e. The smallest absolute Gasteiger partial charge is 0.335 e. The van der Waals surface area contributed by atoms with Gasteiger partial charge in [-0.1, -0.05) is 0 Å². The third-order valence-electron chi connectivity index (χ3n) is 2.36. The van der Waals surface area contributed by atoms with Crippen LogP contribution in [0.15, 0.2) is 29.4 Å². The molecule has 1 heterocycles. The summed E-state index contributed by atoms with van der Waals surface area (Å²) in [5.74, 6) is -1.32. The van der Waals surface area contributed by atoms with E-state index in [4.69, 9.17) is 5.11 Å². The summed E-state index contributed by atoms with van der Waals surface area (Å²) in [6.07, 6.45) is 1.56. The molecule has 0 radical (unpaired) electrons. The van der Waals surface area contributed by atoms with Crippen LogP contribution in [0.2, 0.25) is 0 Å². The van der Waals surface area contributed by atoms with E-state index in [2.05, 4.69) is 5.10 Å². The Kier molecular flexibility index (Phi) is 2.44. The highest BCUT2D eigenvalue weighted by atomic mass is 16.4. The normalized spacial score (nSPS) is 19.2. The molecule has 1 aromatic carbocycles. The molecule has 1 N–H and O–H groups in total. The van der Waals surface area contributed by atoms with E-state index in [1.54, 1.807) is 25.3 Å². The molecular weight excluding hydrogens is 208 g/mol. The Morgan fingerprint density at radius 3 is 2.44 bits per heavy atom. The lowest BCUT2D eigenvalue weighted by Gasteiger charge is -2.12. The Bertz CT molecular complexity index is 465. The second kappa shape index (κ2) is 3.77. The second-order valence-electron chi connectivity index (χ2n) is 3.56. The fourth-order valence-corrected chi connectivity index (χ4v) is 1.42. The van der Waals surface area contributed by atoms with E-state index >= 15 is 0 Å². The predicted octanol–water partition coefficient (Wildman–Crippen LogP) is 1.35. The van der Waals surface area contributed by atoms with Crippen LogP contribution in [0.25, 0.3) is 0 Å². The maximum Gasteiger partial charge on any atom is 0.335 e. The zero-order valence-electron chi connectivity index (χ0n) is 8.62. The number of carboxylic acid groups (broad SMARTS) is 1. The Hall–Kier alpha value is -2.17. The number of carbonyl (C=O) groups is 2. The number of hydrogen-bond acceptors (Lipinski definition) is 3. The summed E-state index contributed by atoms with van der Waals surface area (Å²) in [4.78, 5) is 22.2. The van der Waals surface area contributed by atoms with Gasteiger partial charge in [-0.25, -0.2) is 9.80 Å². The molecule has 1 amide bonds. The number of carbonyl (C=O) groups excluding carboxylic acids is 1. The first-order valence-electron chi connectivity index (χ1n) is 4.81. The first kappa shape index (κ1) is 10.4. The van der Waals surface area contributed by atoms with Crippen molar-refractivity contribution in [1.82, 2.24) is 0 Å². The molecule has 0 bridgehead atoms. The maximum absolute atomic E-state index is 11.6. The molecule has 0 spiro atoms. The second-order valence-corrected chi connectivity index (χ2v) is 3.56. The van der Waals surface area contributed by atoms with E-state index in [1.807, 2.05) is 0 Å². The summed E-state index contributed by atoms with van der Waals surface area (Å²) in [5.41, 5.74) is 0.767. The zero-order valence-corrected chi connectivity index (χ0v) is 8.62. The molecule has 1 atom stereocenters. The Morgan fingerprint density at radius 1 is 1.38 bits per heavy atom. The molecule has 5 heteroatoms. The highest BCUT2D eigenvalue weighted by molar-refractivity contribution is 6.07. The Morgan fingerprint density at radius 2 is 2.00 bits per heavy atom. The number of hydrogen-bond donors (Lipinski definition) is 1. The molecule has 1 aliphatic rings. The number of rotatable bonds is 2. The minimum Gasteiger partial charge on any atom is -0.478 e. The molecule has 0 aromatic heterocycles. The topological polar surface area (TPSA) is 70.0 Å². The van der Waals surface area contributed by atoms with Crippen LogP contribution in [0.4, 0.5) is 5.69 Å². The molecule has 0 fully saturated rings. The number of carboxylic acids is 1. The molecule has 82 valence electrons. The lowest BCUT2D eigenvalue weighted by atomic mass is 10.2. The Labute approximate surface area is 92.0 Å². The molecular formula is C11H10N2O3. The van der Waals surface area contributed by atoms with E-state index in [1.165, 1.54) is 17.1 Å². The van der Waals surface area contributed by atoms with E-state index < -0.39 is 5.97 Å². The van der Waals surface area contributed by atoms with Crippen molar-refractivity contribution in [2.24, 2.45) is 11.0 Å². The zero-order chi connectivity index (χ0) is 11.7. The monoisotopic (exact) mass is 218 g/mol. The molecule has 0 saturated carbocycles. The number of hydrazone groups is 1. The van der Waals surface area contributed by atoms with Gasteiger partial charge in [-0.2, -0.15) is 5.10 Å². The average Bonchev–Trinajstić information content (AvgIpc) is 2.60. The van der Waals surface area contributed by atoms with Crippen LogP contribution < -0.4 is 5.01 Å². The molecule has 2 rings (SSSR count). The fourth-order valence-electron chi connectivity index (χ4n) is 1.42. The molecule has 0 aliphatic carbocycles. The summed E-state index contributed by atoms with van der Waals surface area (Å²) in [7, 11) is 0. The first-order chi connectivity index (χ1) is 7.59. The number of benzene rings is 1. The maximum atomic E-state index is 11.6. The van der Waals surface area contributed by atoms with E-state index in [-0.39, 0.29) is 17.4 Å². The molecule has 5 nitrogen and oxygen atoms in total. The minimum absolute atomic E-state index is 0.108. The van der Waals surface area contributed by atoms with Gasteiger partial charge in [0, 0.05) is 6.21 Å². The van der Waals surface area contributed by atoms with Gasteiger partial charge in [-0.15, -0.1) is 0 Å². The van der Waals surface area contributed by atoms with Crippen molar-refractivity contribution in [2.45, 2.75) is 6.92 Å². The van der Waals surface area contributed by atoms with Gasteiger partial charge in [0.25, 0.3) is 5.91 Å². The standard InChI is InChI=1S/C11H10N2O3/c1-7-6-12-13(10(7)14)9-4-2-8(3-5-9)11(15)16/h2-7H,1H3,(H,15,16). The van der Waals surface area contributed by atoms with Crippen molar-refractivity contribution in [3.63, 3.8) is 0 Å². The van der Waals surface area contributed by atoms with Gasteiger partial charge in [0.15, 0.2) is 0 Å². The quantitative estimate of drug-likeness (QED) is 0.814. The van der Waals surface area contributed by atoms with Crippen LogP contribution in [0.3, 0.4) is 0 Å². The molecule has 1 unspecified atom stereocenters. The molecule has 0 saturated heterocycles. The predicted molar refractivity (Wildman–Crippen MR) is 58.5 cm³/mol. The van der Waals surface area contributed by atoms with Crippen molar-refractivity contribution in [1.29, 1.82) is 0 Å². The molecule has 1 aliphatic heterocycles. The van der Waals surface area contributed by atoms with Gasteiger partial charge in [0.2, 0.25) is 0 Å². The third-order valence-corrected chi connectivity index (χ3v) is 2.36. The average molecular weight is 218 g/mol. The molecule has 16 heavy (non-hydrogen) atoms. The number of amides is 1. The van der Waals surface area contributed by atoms with Crippen LogP contribution in [-0.2, 0) is 4.79 Å². The SMILES string of the molecule is CC1C=NN(c2ccc(C(=O)O)cc2)C1=O. The number of aromatic carboxylic acids is 1. The Balaban J connectivity index is 2.26. The van der Waals surface area contributed by atoms with Crippen molar-refractivity contribution >= 4 is 23.8 Å². The van der Waals surface area contributed by atoms with Crippen molar-refractivity contribution in [2.75, 3.05) is 5.01 Å². The van der Waals surface area contributed by atoms with Gasteiger partial charge in [0.05, 0.1) is 17.2 Å². The van der Waals surface area contributed by atoms with Crippen LogP contribution >= 0.6 is 0 Å². The van der Waals surface area contributed by atoms with Crippen LogP contribution in [0.5, 0.6) is 0 Å². The summed E-state index contributed by atoms with van der Waals surface area (Å²) in [6, 6.07) is 6.03. The fraction of sp³-hybridized carbons (Fsp3) is 0.182. The number of anilines is 1. The van der Waals surface area contributed by atoms with Crippen molar-refractivity contribution in [3.05, 3.63) is 29.8 Å². The first-order valence-corrected chi connectivity index (χ1v) is 4.81. The van der Waals surface area contributed by atoms with Gasteiger partial charge < -0.3 is 5.11 Å². The van der Waals surface area contributed by atoms with Crippen molar-refractivity contribution < 1.29 is 14.7 Å². The van der Waals surface area contributed by atoms with Gasteiger partial charge in [0.1, 0.15) is 0 Å². The minimum atomic E-state index is -0.990.